The van der Waals surface area contributed by atoms with E-state index in [-0.39, 0.29) is 5.41 Å². The number of fused-ring (bicyclic) bond motifs is 6. The van der Waals surface area contributed by atoms with Gasteiger partial charge in [0.25, 0.3) is 0 Å². The molecule has 11 aromatic rings. The second-order valence-corrected chi connectivity index (χ2v) is 18.0. The van der Waals surface area contributed by atoms with Gasteiger partial charge in [-0.1, -0.05) is 226 Å². The van der Waals surface area contributed by atoms with Crippen molar-refractivity contribution >= 4 is 38.6 Å². The van der Waals surface area contributed by atoms with Crippen molar-refractivity contribution < 1.29 is 0 Å². The number of hydrogen-bond acceptors (Lipinski definition) is 1. The normalized spacial score (nSPS) is 12.5. The van der Waals surface area contributed by atoms with Crippen LogP contribution in [0.4, 0.5) is 17.1 Å². The van der Waals surface area contributed by atoms with E-state index in [1.807, 2.05) is 0 Å². The van der Waals surface area contributed by atoms with Gasteiger partial charge in [0.2, 0.25) is 0 Å². The summed E-state index contributed by atoms with van der Waals surface area (Å²) in [5.41, 5.74) is 20.5. The molecule has 0 atom stereocenters. The maximum Gasteiger partial charge on any atom is 0.0546 e. The summed E-state index contributed by atoms with van der Waals surface area (Å²) in [7, 11) is 0. The first-order valence-corrected chi connectivity index (χ1v) is 23.0. The van der Waals surface area contributed by atoms with Gasteiger partial charge >= 0.3 is 0 Å². The Kier molecular flexibility index (Phi) is 9.58. The number of anilines is 3. The van der Waals surface area contributed by atoms with Gasteiger partial charge in [0.1, 0.15) is 0 Å². The van der Waals surface area contributed by atoms with Crippen molar-refractivity contribution in [2.24, 2.45) is 0 Å². The summed E-state index contributed by atoms with van der Waals surface area (Å²) in [5.74, 6) is 0. The summed E-state index contributed by atoms with van der Waals surface area (Å²) in [6.07, 6.45) is 0. The summed E-state index contributed by atoms with van der Waals surface area (Å²) in [5, 5.41) is 5.06. The third kappa shape index (κ3) is 6.63. The van der Waals surface area contributed by atoms with Crippen LogP contribution in [0.5, 0.6) is 0 Å². The molecular formula is C65H47N. The van der Waals surface area contributed by atoms with E-state index in [9.17, 15) is 0 Å². The molecule has 1 aliphatic rings. The Bertz CT molecular complexity index is 3600. The number of benzene rings is 11. The predicted molar refractivity (Wildman–Crippen MR) is 281 cm³/mol. The lowest BCUT2D eigenvalue weighted by atomic mass is 9.82. The smallest absolute Gasteiger partial charge is 0.0546 e. The second kappa shape index (κ2) is 16.1. The minimum atomic E-state index is -0.0922. The largest absolute Gasteiger partial charge is 0.310 e. The lowest BCUT2D eigenvalue weighted by molar-refractivity contribution is 0.660. The van der Waals surface area contributed by atoms with Gasteiger partial charge in [-0.05, 0) is 130 Å². The Morgan fingerprint density at radius 1 is 0.288 bits per heavy atom. The van der Waals surface area contributed by atoms with Crippen molar-refractivity contribution in [1.82, 2.24) is 0 Å². The van der Waals surface area contributed by atoms with Gasteiger partial charge in [-0.25, -0.2) is 0 Å². The lowest BCUT2D eigenvalue weighted by Crippen LogP contribution is -2.14. The topological polar surface area (TPSA) is 3.24 Å². The number of hydrogen-bond donors (Lipinski definition) is 0. The van der Waals surface area contributed by atoms with E-state index in [1.165, 1.54) is 99.4 Å². The van der Waals surface area contributed by atoms with E-state index in [1.54, 1.807) is 0 Å². The fraction of sp³-hybridized carbons (Fsp3) is 0.0462. The molecule has 0 N–H and O–H groups in total. The summed E-state index contributed by atoms with van der Waals surface area (Å²) in [6.45, 7) is 4.72. The Morgan fingerprint density at radius 2 is 0.833 bits per heavy atom. The van der Waals surface area contributed by atoms with Gasteiger partial charge in [0, 0.05) is 22.4 Å². The molecular weight excluding hydrogens is 795 g/mol. The van der Waals surface area contributed by atoms with Crippen LogP contribution >= 0.6 is 0 Å². The zero-order valence-corrected chi connectivity index (χ0v) is 37.1. The van der Waals surface area contributed by atoms with Crippen molar-refractivity contribution in [1.29, 1.82) is 0 Å². The Balaban J connectivity index is 1.07. The first-order valence-electron chi connectivity index (χ1n) is 23.0. The van der Waals surface area contributed by atoms with E-state index < -0.39 is 0 Å². The highest BCUT2D eigenvalue weighted by atomic mass is 15.1. The molecule has 0 aromatic heterocycles. The highest BCUT2D eigenvalue weighted by Gasteiger charge is 2.36. The molecule has 1 nitrogen and oxygen atoms in total. The number of rotatable bonds is 8. The zero-order chi connectivity index (χ0) is 44.2. The molecule has 0 radical (unpaired) electrons. The minimum absolute atomic E-state index is 0.0922. The standard InChI is InChI=1S/C65H47N/c1-65(2)60-31-14-13-28-59(60)63-57(29-16-32-61(63)65)49-23-15-24-52(43-49)66(51-39-36-44(37-40-51)48-38-41-55-50(42-48)35-34-47-22-9-10-25-53(47)55)62-33-17-30-56(46-20-7-4-8-21-46)64(62)58-27-12-11-26-54(58)45-18-5-3-6-19-45/h3-43H,1-2H3. The van der Waals surface area contributed by atoms with E-state index in [4.69, 9.17) is 0 Å². The number of nitrogens with zero attached hydrogens (tertiary/aromatic N) is 1. The average molecular weight is 842 g/mol. The Labute approximate surface area is 387 Å². The van der Waals surface area contributed by atoms with Crippen LogP contribution in [-0.2, 0) is 5.41 Å². The zero-order valence-electron chi connectivity index (χ0n) is 37.1. The van der Waals surface area contributed by atoms with E-state index in [0.717, 1.165) is 17.1 Å². The molecule has 0 amide bonds. The van der Waals surface area contributed by atoms with Gasteiger partial charge in [-0.15, -0.1) is 0 Å². The van der Waals surface area contributed by atoms with Crippen LogP contribution < -0.4 is 4.90 Å². The van der Waals surface area contributed by atoms with Gasteiger partial charge in [-0.2, -0.15) is 0 Å². The summed E-state index contributed by atoms with van der Waals surface area (Å²) in [4.78, 5) is 2.48. The third-order valence-electron chi connectivity index (χ3n) is 13.9. The summed E-state index contributed by atoms with van der Waals surface area (Å²) in [6, 6.07) is 91.5. The van der Waals surface area contributed by atoms with Crippen LogP contribution in [0, 0.1) is 0 Å². The molecule has 0 heterocycles. The molecule has 0 saturated carbocycles. The summed E-state index contributed by atoms with van der Waals surface area (Å²) < 4.78 is 0. The van der Waals surface area contributed by atoms with Crippen LogP contribution in [0.1, 0.15) is 25.0 Å². The second-order valence-electron chi connectivity index (χ2n) is 18.0. The maximum atomic E-state index is 2.48. The molecule has 0 aliphatic heterocycles. The SMILES string of the molecule is CC1(C)c2ccccc2-c2c(-c3cccc(N(c4ccc(-c5ccc6c(ccc7ccccc76)c5)cc4)c4cccc(-c5ccccc5)c4-c4ccccc4-c4ccccc4)c3)cccc21. The van der Waals surface area contributed by atoms with Crippen LogP contribution in [-0.4, -0.2) is 0 Å². The van der Waals surface area contributed by atoms with Crippen molar-refractivity contribution in [3.8, 4) is 66.8 Å². The van der Waals surface area contributed by atoms with Crippen molar-refractivity contribution in [2.45, 2.75) is 19.3 Å². The molecule has 312 valence electrons. The highest BCUT2D eigenvalue weighted by molar-refractivity contribution is 6.08. The maximum absolute atomic E-state index is 2.48. The first kappa shape index (κ1) is 39.3. The molecule has 0 fully saturated rings. The molecule has 1 aliphatic carbocycles. The molecule has 0 saturated heterocycles. The van der Waals surface area contributed by atoms with Crippen LogP contribution in [0.15, 0.2) is 249 Å². The van der Waals surface area contributed by atoms with Crippen LogP contribution in [0.2, 0.25) is 0 Å². The van der Waals surface area contributed by atoms with Crippen LogP contribution in [0.25, 0.3) is 88.3 Å². The molecule has 1 heteroatoms. The molecule has 0 unspecified atom stereocenters. The fourth-order valence-corrected chi connectivity index (χ4v) is 10.7. The van der Waals surface area contributed by atoms with Crippen LogP contribution in [0.3, 0.4) is 0 Å². The first-order chi connectivity index (χ1) is 32.5. The van der Waals surface area contributed by atoms with Crippen molar-refractivity contribution in [3.63, 3.8) is 0 Å². The van der Waals surface area contributed by atoms with Gasteiger partial charge in [0.05, 0.1) is 5.69 Å². The van der Waals surface area contributed by atoms with Gasteiger partial charge in [-0.3, -0.25) is 0 Å². The molecule has 12 rings (SSSR count). The summed E-state index contributed by atoms with van der Waals surface area (Å²) >= 11 is 0. The van der Waals surface area contributed by atoms with Crippen molar-refractivity contribution in [2.75, 3.05) is 4.90 Å². The van der Waals surface area contributed by atoms with Gasteiger partial charge < -0.3 is 4.90 Å². The average Bonchev–Trinajstić information content (AvgIpc) is 3.62. The Hall–Kier alpha value is -8.26. The quantitative estimate of drug-likeness (QED) is 0.138. The lowest BCUT2D eigenvalue weighted by Gasteiger charge is -2.30. The van der Waals surface area contributed by atoms with E-state index in [0.29, 0.717) is 0 Å². The van der Waals surface area contributed by atoms with E-state index in [2.05, 4.69) is 267 Å². The third-order valence-corrected chi connectivity index (χ3v) is 13.9. The van der Waals surface area contributed by atoms with Gasteiger partial charge in [0.15, 0.2) is 0 Å². The molecule has 66 heavy (non-hydrogen) atoms. The van der Waals surface area contributed by atoms with E-state index >= 15 is 0 Å². The Morgan fingerprint density at radius 3 is 1.62 bits per heavy atom. The fourth-order valence-electron chi connectivity index (χ4n) is 10.7. The predicted octanol–water partition coefficient (Wildman–Crippen LogP) is 18.1. The molecule has 11 aromatic carbocycles. The van der Waals surface area contributed by atoms with Crippen molar-refractivity contribution in [3.05, 3.63) is 260 Å². The molecule has 0 spiro atoms. The highest BCUT2D eigenvalue weighted by Crippen LogP contribution is 2.53. The molecule has 0 bridgehead atoms. The minimum Gasteiger partial charge on any atom is -0.310 e. The monoisotopic (exact) mass is 841 g/mol.